The maximum absolute atomic E-state index is 5.90. The Bertz CT molecular complexity index is 470. The van der Waals surface area contributed by atoms with E-state index in [1.807, 2.05) is 25.1 Å². The zero-order valence-electron chi connectivity index (χ0n) is 7.29. The molecule has 0 aliphatic carbocycles. The van der Waals surface area contributed by atoms with Gasteiger partial charge in [0.15, 0.2) is 0 Å². The first-order chi connectivity index (χ1) is 6.66. The summed E-state index contributed by atoms with van der Waals surface area (Å²) in [6.45, 7) is 1.93. The summed E-state index contributed by atoms with van der Waals surface area (Å²) < 4.78 is 5.22. The van der Waals surface area contributed by atoms with Crippen LogP contribution in [0.2, 0.25) is 5.02 Å². The van der Waals surface area contributed by atoms with Gasteiger partial charge in [0.25, 0.3) is 4.80 Å². The van der Waals surface area contributed by atoms with Crippen LogP contribution in [0.4, 0.5) is 0 Å². The average Bonchev–Trinajstić information content (AvgIpc) is 2.57. The van der Waals surface area contributed by atoms with E-state index in [1.165, 1.54) is 0 Å². The molecule has 0 bridgehead atoms. The predicted octanol–water partition coefficient (Wildman–Crippen LogP) is 3.46. The Morgan fingerprint density at radius 2 is 2.14 bits per heavy atom. The van der Waals surface area contributed by atoms with Gasteiger partial charge in [-0.1, -0.05) is 11.6 Å². The van der Waals surface area contributed by atoms with E-state index in [2.05, 4.69) is 26.1 Å². The molecule has 14 heavy (non-hydrogen) atoms. The summed E-state index contributed by atoms with van der Waals surface area (Å²) >= 11 is 8.99. The predicted molar refractivity (Wildman–Crippen MR) is 57.2 cm³/mol. The van der Waals surface area contributed by atoms with Crippen LogP contribution in [0.3, 0.4) is 0 Å². The minimum atomic E-state index is 0.375. The summed E-state index contributed by atoms with van der Waals surface area (Å²) in [6.07, 6.45) is 0. The Hall–Kier alpha value is -0.870. The molecule has 0 unspecified atom stereocenters. The lowest BCUT2D eigenvalue weighted by molar-refractivity contribution is 0.540. The highest BCUT2D eigenvalue weighted by atomic mass is 79.9. The van der Waals surface area contributed by atoms with Crippen LogP contribution in [0.15, 0.2) is 27.4 Å². The maximum atomic E-state index is 5.90. The third kappa shape index (κ3) is 1.81. The highest BCUT2D eigenvalue weighted by molar-refractivity contribution is 9.10. The smallest absolute Gasteiger partial charge is 0.285 e. The molecule has 0 spiro atoms. The van der Waals surface area contributed by atoms with Crippen molar-refractivity contribution in [1.29, 1.82) is 0 Å². The zero-order chi connectivity index (χ0) is 10.1. The van der Waals surface area contributed by atoms with E-state index in [9.17, 15) is 0 Å². The Balaban J connectivity index is 2.47. The highest BCUT2D eigenvalue weighted by Gasteiger charge is 2.07. The van der Waals surface area contributed by atoms with Crippen molar-refractivity contribution in [1.82, 2.24) is 10.2 Å². The van der Waals surface area contributed by atoms with Gasteiger partial charge in [-0.2, -0.15) is 0 Å². The molecule has 2 rings (SSSR count). The van der Waals surface area contributed by atoms with Crippen molar-refractivity contribution in [3.63, 3.8) is 0 Å². The number of benzene rings is 1. The summed E-state index contributed by atoms with van der Waals surface area (Å²) in [7, 11) is 0. The van der Waals surface area contributed by atoms with Crippen LogP contribution in [0.25, 0.3) is 11.5 Å². The lowest BCUT2D eigenvalue weighted by Gasteiger charge is -1.98. The van der Waals surface area contributed by atoms with Crippen LogP contribution in [0.5, 0.6) is 0 Å². The standard InChI is InChI=1S/C9H6BrClN2O/c1-5-4-6(2-3-7(5)11)8-12-13-9(10)14-8/h2-4H,1H3. The van der Waals surface area contributed by atoms with E-state index in [1.54, 1.807) is 0 Å². The van der Waals surface area contributed by atoms with Crippen LogP contribution < -0.4 is 0 Å². The van der Waals surface area contributed by atoms with Gasteiger partial charge >= 0.3 is 0 Å². The first kappa shape index (κ1) is 9.68. The SMILES string of the molecule is Cc1cc(-c2nnc(Br)o2)ccc1Cl. The zero-order valence-corrected chi connectivity index (χ0v) is 9.63. The summed E-state index contributed by atoms with van der Waals surface area (Å²) in [4.78, 5) is 0.375. The van der Waals surface area contributed by atoms with Gasteiger partial charge in [0.05, 0.1) is 0 Å². The topological polar surface area (TPSA) is 38.9 Å². The lowest BCUT2D eigenvalue weighted by Crippen LogP contribution is -1.80. The molecule has 0 amide bonds. The molecule has 0 saturated carbocycles. The Morgan fingerprint density at radius 1 is 1.36 bits per heavy atom. The minimum absolute atomic E-state index is 0.375. The molecule has 1 aromatic carbocycles. The molecule has 0 aliphatic rings. The number of hydrogen-bond acceptors (Lipinski definition) is 3. The summed E-state index contributed by atoms with van der Waals surface area (Å²) in [5.74, 6) is 0.483. The largest absolute Gasteiger partial charge is 0.411 e. The number of halogens is 2. The molecule has 0 fully saturated rings. The van der Waals surface area contributed by atoms with Gasteiger partial charge in [0, 0.05) is 26.5 Å². The molecule has 1 aromatic heterocycles. The second kappa shape index (κ2) is 3.71. The Morgan fingerprint density at radius 3 is 2.71 bits per heavy atom. The highest BCUT2D eigenvalue weighted by Crippen LogP contribution is 2.24. The summed E-state index contributed by atoms with van der Waals surface area (Å²) in [5.41, 5.74) is 1.85. The Labute approximate surface area is 94.2 Å². The number of nitrogens with zero attached hydrogens (tertiary/aromatic N) is 2. The van der Waals surface area contributed by atoms with E-state index < -0.39 is 0 Å². The molecule has 72 valence electrons. The van der Waals surface area contributed by atoms with Gasteiger partial charge in [-0.25, -0.2) is 0 Å². The van der Waals surface area contributed by atoms with Gasteiger partial charge in [-0.05, 0) is 30.7 Å². The second-order valence-electron chi connectivity index (χ2n) is 2.82. The van der Waals surface area contributed by atoms with Gasteiger partial charge in [0.1, 0.15) is 0 Å². The normalized spacial score (nSPS) is 10.5. The van der Waals surface area contributed by atoms with E-state index >= 15 is 0 Å². The third-order valence-electron chi connectivity index (χ3n) is 1.81. The molecule has 1 heterocycles. The van der Waals surface area contributed by atoms with Crippen molar-refractivity contribution in [2.75, 3.05) is 0 Å². The molecular formula is C9H6BrClN2O. The van der Waals surface area contributed by atoms with E-state index in [4.69, 9.17) is 16.0 Å². The van der Waals surface area contributed by atoms with Crippen LogP contribution in [0.1, 0.15) is 5.56 Å². The van der Waals surface area contributed by atoms with Gasteiger partial charge < -0.3 is 4.42 Å². The van der Waals surface area contributed by atoms with E-state index in [0.29, 0.717) is 10.7 Å². The fraction of sp³-hybridized carbons (Fsp3) is 0.111. The lowest BCUT2D eigenvalue weighted by atomic mass is 10.1. The van der Waals surface area contributed by atoms with Crippen molar-refractivity contribution < 1.29 is 4.42 Å². The molecule has 0 saturated heterocycles. The molecule has 0 atom stereocenters. The summed E-state index contributed by atoms with van der Waals surface area (Å²) in [5, 5.41) is 8.29. The molecule has 0 aliphatic heterocycles. The monoisotopic (exact) mass is 272 g/mol. The molecule has 0 N–H and O–H groups in total. The number of aromatic nitrogens is 2. The molecule has 5 heteroatoms. The maximum Gasteiger partial charge on any atom is 0.285 e. The van der Waals surface area contributed by atoms with Crippen LogP contribution in [-0.4, -0.2) is 10.2 Å². The fourth-order valence-corrected chi connectivity index (χ4v) is 1.45. The fourth-order valence-electron chi connectivity index (χ4n) is 1.10. The molecule has 0 radical (unpaired) electrons. The van der Waals surface area contributed by atoms with Crippen LogP contribution >= 0.6 is 27.5 Å². The number of aryl methyl sites for hydroxylation is 1. The van der Waals surface area contributed by atoms with Gasteiger partial charge in [0.2, 0.25) is 5.89 Å². The number of rotatable bonds is 1. The van der Waals surface area contributed by atoms with Crippen molar-refractivity contribution in [2.45, 2.75) is 6.92 Å². The van der Waals surface area contributed by atoms with Crippen molar-refractivity contribution >= 4 is 27.5 Å². The average molecular weight is 274 g/mol. The first-order valence-corrected chi connectivity index (χ1v) is 5.09. The van der Waals surface area contributed by atoms with Crippen molar-refractivity contribution in [3.8, 4) is 11.5 Å². The van der Waals surface area contributed by atoms with E-state index in [-0.39, 0.29) is 0 Å². The summed E-state index contributed by atoms with van der Waals surface area (Å²) in [6, 6.07) is 5.56. The molecular weight excluding hydrogens is 267 g/mol. The minimum Gasteiger partial charge on any atom is -0.411 e. The van der Waals surface area contributed by atoms with Crippen molar-refractivity contribution in [3.05, 3.63) is 33.6 Å². The molecule has 3 nitrogen and oxygen atoms in total. The number of hydrogen-bond donors (Lipinski definition) is 0. The second-order valence-corrected chi connectivity index (χ2v) is 3.91. The van der Waals surface area contributed by atoms with Crippen molar-refractivity contribution in [2.24, 2.45) is 0 Å². The first-order valence-electron chi connectivity index (χ1n) is 3.92. The van der Waals surface area contributed by atoms with E-state index in [0.717, 1.165) is 16.1 Å². The Kier molecular flexibility index (Phi) is 2.56. The van der Waals surface area contributed by atoms with Gasteiger partial charge in [-0.3, -0.25) is 0 Å². The third-order valence-corrected chi connectivity index (χ3v) is 2.55. The van der Waals surface area contributed by atoms with Gasteiger partial charge in [-0.15, -0.1) is 10.2 Å². The molecule has 2 aromatic rings. The van der Waals surface area contributed by atoms with Crippen LogP contribution in [0, 0.1) is 6.92 Å². The van der Waals surface area contributed by atoms with Crippen LogP contribution in [-0.2, 0) is 0 Å². The quantitative estimate of drug-likeness (QED) is 0.798.